The van der Waals surface area contributed by atoms with E-state index in [0.29, 0.717) is 28.2 Å². The Morgan fingerprint density at radius 3 is 2.88 bits per heavy atom. The quantitative estimate of drug-likeness (QED) is 0.643. The second-order valence-electron chi connectivity index (χ2n) is 5.49. The van der Waals surface area contributed by atoms with Crippen molar-refractivity contribution in [3.8, 4) is 11.4 Å². The molecule has 0 bridgehead atoms. The molecule has 0 aliphatic rings. The molecule has 0 fully saturated rings. The van der Waals surface area contributed by atoms with Crippen molar-refractivity contribution in [3.63, 3.8) is 0 Å². The molecule has 25 heavy (non-hydrogen) atoms. The Morgan fingerprint density at radius 1 is 1.32 bits per heavy atom. The number of amides is 1. The second-order valence-corrected chi connectivity index (χ2v) is 7.08. The lowest BCUT2D eigenvalue weighted by molar-refractivity contribution is -0.121. The summed E-state index contributed by atoms with van der Waals surface area (Å²) in [5.74, 6) is 0.883. The summed E-state index contributed by atoms with van der Waals surface area (Å²) in [5, 5.41) is 11.7. The molecule has 3 rings (SSSR count). The molecule has 2 heterocycles. The van der Waals surface area contributed by atoms with Gasteiger partial charge in [0.05, 0.1) is 16.1 Å². The number of aryl methyl sites for hydroxylation is 1. The molecule has 5 nitrogen and oxygen atoms in total. The van der Waals surface area contributed by atoms with Gasteiger partial charge in [-0.2, -0.15) is 16.3 Å². The third-order valence-electron chi connectivity index (χ3n) is 3.63. The molecule has 1 unspecified atom stereocenters. The number of nitrogens with one attached hydrogen (secondary N) is 1. The van der Waals surface area contributed by atoms with Crippen LogP contribution < -0.4 is 5.32 Å². The van der Waals surface area contributed by atoms with Crippen molar-refractivity contribution in [3.05, 3.63) is 56.5 Å². The molecule has 0 saturated heterocycles. The average molecular weight is 396 g/mol. The van der Waals surface area contributed by atoms with Gasteiger partial charge in [0.25, 0.3) is 0 Å². The van der Waals surface area contributed by atoms with Gasteiger partial charge in [0, 0.05) is 23.8 Å². The summed E-state index contributed by atoms with van der Waals surface area (Å²) in [6.45, 7) is 1.89. The van der Waals surface area contributed by atoms with Crippen LogP contribution in [0.4, 0.5) is 0 Å². The molecule has 1 aromatic carbocycles. The van der Waals surface area contributed by atoms with Crippen LogP contribution in [0.5, 0.6) is 0 Å². The summed E-state index contributed by atoms with van der Waals surface area (Å²) in [5.41, 5.74) is 1.80. The Morgan fingerprint density at radius 2 is 2.16 bits per heavy atom. The minimum Gasteiger partial charge on any atom is -0.350 e. The summed E-state index contributed by atoms with van der Waals surface area (Å²) in [6, 6.07) is 7.05. The number of nitrogens with zero attached hydrogens (tertiary/aromatic N) is 2. The van der Waals surface area contributed by atoms with Crippen molar-refractivity contribution >= 4 is 40.4 Å². The standard InChI is InChI=1S/C17H15Cl2N3O2S/c1-10(11-2-3-13(18)14(19)8-11)20-15(23)4-5-16-21-17(22-24-16)12-6-7-25-9-12/h2-3,6-10H,4-5H2,1H3,(H,20,23). The number of hydrogen-bond donors (Lipinski definition) is 1. The molecule has 130 valence electrons. The Hall–Kier alpha value is -1.89. The molecule has 0 spiro atoms. The zero-order valence-corrected chi connectivity index (χ0v) is 15.7. The zero-order chi connectivity index (χ0) is 17.8. The van der Waals surface area contributed by atoms with E-state index in [1.54, 1.807) is 23.5 Å². The predicted octanol–water partition coefficient (Wildman–Crippen LogP) is 4.91. The van der Waals surface area contributed by atoms with Crippen LogP contribution in [0.25, 0.3) is 11.4 Å². The van der Waals surface area contributed by atoms with Crippen molar-refractivity contribution < 1.29 is 9.32 Å². The highest BCUT2D eigenvalue weighted by Crippen LogP contribution is 2.25. The van der Waals surface area contributed by atoms with Crippen LogP contribution >= 0.6 is 34.5 Å². The highest BCUT2D eigenvalue weighted by Gasteiger charge is 2.14. The predicted molar refractivity (Wildman–Crippen MR) is 99.0 cm³/mol. The Balaban J connectivity index is 1.53. The minimum atomic E-state index is -0.175. The molecule has 3 aromatic rings. The third-order valence-corrected chi connectivity index (χ3v) is 5.06. The van der Waals surface area contributed by atoms with Crippen molar-refractivity contribution in [1.82, 2.24) is 15.5 Å². The first-order valence-corrected chi connectivity index (χ1v) is 9.32. The van der Waals surface area contributed by atoms with Crippen molar-refractivity contribution in [2.45, 2.75) is 25.8 Å². The summed E-state index contributed by atoms with van der Waals surface area (Å²) < 4.78 is 5.19. The zero-order valence-electron chi connectivity index (χ0n) is 13.3. The van der Waals surface area contributed by atoms with Crippen LogP contribution in [0.1, 0.15) is 30.8 Å². The van der Waals surface area contributed by atoms with Crippen LogP contribution in [0, 0.1) is 0 Å². The average Bonchev–Trinajstić information content (AvgIpc) is 3.26. The first kappa shape index (κ1) is 17.9. The molecular weight excluding hydrogens is 381 g/mol. The van der Waals surface area contributed by atoms with Crippen LogP contribution in [0.2, 0.25) is 10.0 Å². The van der Waals surface area contributed by atoms with E-state index < -0.39 is 0 Å². The highest BCUT2D eigenvalue weighted by molar-refractivity contribution is 7.08. The maximum absolute atomic E-state index is 12.1. The lowest BCUT2D eigenvalue weighted by Gasteiger charge is -2.14. The SMILES string of the molecule is CC(NC(=O)CCc1nc(-c2ccsc2)no1)c1ccc(Cl)c(Cl)c1. The maximum Gasteiger partial charge on any atom is 0.227 e. The molecule has 0 aliphatic heterocycles. The fourth-order valence-corrected chi connectivity index (χ4v) is 3.21. The molecular formula is C17H15Cl2N3O2S. The Labute approximate surface area is 159 Å². The molecule has 1 N–H and O–H groups in total. The van der Waals surface area contributed by atoms with E-state index >= 15 is 0 Å². The van der Waals surface area contributed by atoms with Gasteiger partial charge in [-0.25, -0.2) is 0 Å². The van der Waals surface area contributed by atoms with Gasteiger partial charge >= 0.3 is 0 Å². The monoisotopic (exact) mass is 395 g/mol. The Kier molecular flexibility index (Phi) is 5.73. The van der Waals surface area contributed by atoms with E-state index in [-0.39, 0.29) is 18.4 Å². The van der Waals surface area contributed by atoms with Crippen LogP contribution in [-0.2, 0) is 11.2 Å². The van der Waals surface area contributed by atoms with Gasteiger partial charge in [0.15, 0.2) is 0 Å². The van der Waals surface area contributed by atoms with Gasteiger partial charge in [-0.05, 0) is 36.1 Å². The van der Waals surface area contributed by atoms with Crippen LogP contribution in [-0.4, -0.2) is 16.0 Å². The number of rotatable bonds is 6. The molecule has 8 heteroatoms. The number of benzene rings is 1. The van der Waals surface area contributed by atoms with Gasteiger partial charge in [0.1, 0.15) is 0 Å². The molecule has 1 amide bonds. The number of hydrogen-bond acceptors (Lipinski definition) is 5. The number of halogens is 2. The van der Waals surface area contributed by atoms with Crippen molar-refractivity contribution in [2.75, 3.05) is 0 Å². The highest BCUT2D eigenvalue weighted by atomic mass is 35.5. The fourth-order valence-electron chi connectivity index (χ4n) is 2.26. The normalized spacial score (nSPS) is 12.1. The second kappa shape index (κ2) is 7.99. The minimum absolute atomic E-state index is 0.103. The molecule has 0 radical (unpaired) electrons. The summed E-state index contributed by atoms with van der Waals surface area (Å²) in [4.78, 5) is 16.4. The molecule has 0 aliphatic carbocycles. The first-order valence-electron chi connectivity index (χ1n) is 7.62. The first-order chi connectivity index (χ1) is 12.0. The van der Waals surface area contributed by atoms with Gasteiger partial charge < -0.3 is 9.84 Å². The Bertz CT molecular complexity index is 865. The van der Waals surface area contributed by atoms with Crippen molar-refractivity contribution in [2.24, 2.45) is 0 Å². The molecule has 1 atom stereocenters. The summed E-state index contributed by atoms with van der Waals surface area (Å²) >= 11 is 13.5. The maximum atomic E-state index is 12.1. The lowest BCUT2D eigenvalue weighted by Crippen LogP contribution is -2.26. The topological polar surface area (TPSA) is 68.0 Å². The largest absolute Gasteiger partial charge is 0.350 e. The van der Waals surface area contributed by atoms with Crippen molar-refractivity contribution in [1.29, 1.82) is 0 Å². The van der Waals surface area contributed by atoms with E-state index in [9.17, 15) is 4.79 Å². The number of carbonyl (C=O) groups is 1. The third kappa shape index (κ3) is 4.60. The molecule has 0 saturated carbocycles. The van der Waals surface area contributed by atoms with Gasteiger partial charge in [-0.3, -0.25) is 4.79 Å². The van der Waals surface area contributed by atoms with E-state index in [2.05, 4.69) is 15.5 Å². The summed E-state index contributed by atoms with van der Waals surface area (Å²) in [6.07, 6.45) is 0.647. The molecule has 2 aromatic heterocycles. The van der Waals surface area contributed by atoms with Gasteiger partial charge in [-0.15, -0.1) is 0 Å². The van der Waals surface area contributed by atoms with E-state index in [1.165, 1.54) is 0 Å². The van der Waals surface area contributed by atoms with E-state index in [4.69, 9.17) is 27.7 Å². The smallest absolute Gasteiger partial charge is 0.227 e. The summed E-state index contributed by atoms with van der Waals surface area (Å²) in [7, 11) is 0. The van der Waals surface area contributed by atoms with E-state index in [1.807, 2.05) is 29.8 Å². The number of carbonyl (C=O) groups excluding carboxylic acids is 1. The van der Waals surface area contributed by atoms with Crippen LogP contribution in [0.3, 0.4) is 0 Å². The fraction of sp³-hybridized carbons (Fsp3) is 0.235. The van der Waals surface area contributed by atoms with Gasteiger partial charge in [-0.1, -0.05) is 34.4 Å². The van der Waals surface area contributed by atoms with E-state index in [0.717, 1.165) is 11.1 Å². The lowest BCUT2D eigenvalue weighted by atomic mass is 10.1. The van der Waals surface area contributed by atoms with Gasteiger partial charge in [0.2, 0.25) is 17.6 Å². The van der Waals surface area contributed by atoms with Crippen LogP contribution in [0.15, 0.2) is 39.5 Å². The number of aromatic nitrogens is 2. The number of thiophene rings is 1.